The van der Waals surface area contributed by atoms with E-state index in [1.54, 1.807) is 39.0 Å². The Morgan fingerprint density at radius 3 is 2.41 bits per heavy atom. The van der Waals surface area contributed by atoms with E-state index in [4.69, 9.17) is 0 Å². The number of thioether (sulfide) groups is 1. The number of nitrogens with zero attached hydrogens (tertiary/aromatic N) is 3. The van der Waals surface area contributed by atoms with Gasteiger partial charge in [0.2, 0.25) is 15.9 Å². The molecule has 2 aromatic carbocycles. The first kappa shape index (κ1) is 24.2. The summed E-state index contributed by atoms with van der Waals surface area (Å²) < 4.78 is 42.2. The Morgan fingerprint density at radius 1 is 1.16 bits per heavy atom. The second-order valence-electron chi connectivity index (χ2n) is 7.13. The number of hydrogen-bond donors (Lipinski definition) is 1. The molecule has 3 aromatic rings. The normalized spacial score (nSPS) is 12.9. The van der Waals surface area contributed by atoms with Crippen LogP contribution in [0.5, 0.6) is 0 Å². The molecule has 0 fully saturated rings. The van der Waals surface area contributed by atoms with E-state index in [9.17, 15) is 17.6 Å². The molecule has 0 aliphatic rings. The number of sulfonamides is 1. The first-order valence-corrected chi connectivity index (χ1v) is 12.8. The molecule has 0 saturated heterocycles. The summed E-state index contributed by atoms with van der Waals surface area (Å²) in [7, 11) is -3.59. The largest absolute Gasteiger partial charge is 0.325 e. The van der Waals surface area contributed by atoms with Gasteiger partial charge in [-0.1, -0.05) is 25.6 Å². The zero-order valence-electron chi connectivity index (χ0n) is 18.5. The van der Waals surface area contributed by atoms with Crippen LogP contribution in [0.1, 0.15) is 27.7 Å². The second kappa shape index (κ2) is 10.0. The summed E-state index contributed by atoms with van der Waals surface area (Å²) in [6.07, 6.45) is 0. The highest BCUT2D eigenvalue weighted by molar-refractivity contribution is 8.00. The smallest absolute Gasteiger partial charge is 0.243 e. The van der Waals surface area contributed by atoms with E-state index in [1.165, 1.54) is 40.3 Å². The van der Waals surface area contributed by atoms with Crippen LogP contribution >= 0.6 is 11.8 Å². The number of halogens is 1. The van der Waals surface area contributed by atoms with Crippen molar-refractivity contribution in [1.82, 2.24) is 13.9 Å². The highest BCUT2D eigenvalue weighted by Crippen LogP contribution is 2.30. The molecule has 0 aliphatic heterocycles. The summed E-state index contributed by atoms with van der Waals surface area (Å²) in [6.45, 7) is 8.74. The lowest BCUT2D eigenvalue weighted by Gasteiger charge is -2.18. The topological polar surface area (TPSA) is 84.3 Å². The zero-order valence-corrected chi connectivity index (χ0v) is 20.1. The Morgan fingerprint density at radius 2 is 1.81 bits per heavy atom. The molecule has 32 heavy (non-hydrogen) atoms. The summed E-state index contributed by atoms with van der Waals surface area (Å²) in [5.41, 5.74) is 1.88. The number of hydrogen-bond acceptors (Lipinski definition) is 5. The van der Waals surface area contributed by atoms with Crippen LogP contribution in [0.3, 0.4) is 0 Å². The molecule has 1 aromatic heterocycles. The van der Waals surface area contributed by atoms with Crippen molar-refractivity contribution in [2.45, 2.75) is 49.5 Å². The van der Waals surface area contributed by atoms with E-state index in [0.29, 0.717) is 36.0 Å². The Labute approximate surface area is 192 Å². The Hall–Kier alpha value is -2.43. The number of rotatable bonds is 9. The van der Waals surface area contributed by atoms with Crippen LogP contribution in [0.25, 0.3) is 11.0 Å². The molecule has 0 saturated carbocycles. The summed E-state index contributed by atoms with van der Waals surface area (Å²) in [4.78, 5) is 17.4. The highest BCUT2D eigenvalue weighted by atomic mass is 32.2. The average molecular weight is 479 g/mol. The summed E-state index contributed by atoms with van der Waals surface area (Å²) in [6, 6.07) is 10.5. The first-order valence-electron chi connectivity index (χ1n) is 10.4. The Kier molecular flexibility index (Phi) is 7.58. The fourth-order valence-electron chi connectivity index (χ4n) is 3.34. The van der Waals surface area contributed by atoms with Crippen molar-refractivity contribution in [3.63, 3.8) is 0 Å². The third-order valence-corrected chi connectivity index (χ3v) is 8.24. The highest BCUT2D eigenvalue weighted by Gasteiger charge is 2.24. The number of carbonyl (C=O) groups is 1. The predicted octanol–water partition coefficient (Wildman–Crippen LogP) is 4.35. The lowest BCUT2D eigenvalue weighted by Crippen LogP contribution is -2.30. The number of benzene rings is 2. The van der Waals surface area contributed by atoms with Crippen molar-refractivity contribution in [2.75, 3.05) is 18.4 Å². The van der Waals surface area contributed by atoms with Crippen LogP contribution in [-0.2, 0) is 21.4 Å². The second-order valence-corrected chi connectivity index (χ2v) is 10.4. The zero-order chi connectivity index (χ0) is 23.5. The predicted molar refractivity (Wildman–Crippen MR) is 126 cm³/mol. The number of amides is 1. The van der Waals surface area contributed by atoms with Crippen LogP contribution in [0.2, 0.25) is 0 Å². The van der Waals surface area contributed by atoms with E-state index in [0.717, 1.165) is 5.52 Å². The van der Waals surface area contributed by atoms with Gasteiger partial charge in [0, 0.05) is 25.3 Å². The van der Waals surface area contributed by atoms with Crippen molar-refractivity contribution in [1.29, 1.82) is 0 Å². The van der Waals surface area contributed by atoms with Crippen molar-refractivity contribution in [3.8, 4) is 0 Å². The number of imidazole rings is 1. The van der Waals surface area contributed by atoms with E-state index < -0.39 is 15.3 Å². The number of anilines is 1. The molecule has 172 valence electrons. The molecular weight excluding hydrogens is 451 g/mol. The van der Waals surface area contributed by atoms with E-state index in [1.807, 2.05) is 11.5 Å². The van der Waals surface area contributed by atoms with Crippen LogP contribution in [0.15, 0.2) is 52.5 Å². The van der Waals surface area contributed by atoms with Gasteiger partial charge in [-0.25, -0.2) is 17.8 Å². The molecule has 1 amide bonds. The summed E-state index contributed by atoms with van der Waals surface area (Å²) in [5, 5.41) is 2.92. The molecule has 1 atom stereocenters. The number of nitrogens with one attached hydrogen (secondary N) is 1. The molecule has 0 aliphatic carbocycles. The van der Waals surface area contributed by atoms with Crippen molar-refractivity contribution >= 4 is 44.4 Å². The molecule has 1 unspecified atom stereocenters. The van der Waals surface area contributed by atoms with Crippen LogP contribution in [-0.4, -0.2) is 46.5 Å². The average Bonchev–Trinajstić information content (AvgIpc) is 3.11. The molecule has 0 spiro atoms. The van der Waals surface area contributed by atoms with Crippen LogP contribution in [0.4, 0.5) is 10.1 Å². The van der Waals surface area contributed by atoms with Gasteiger partial charge in [-0.3, -0.25) is 4.79 Å². The molecular formula is C22H27FN4O3S2. The van der Waals surface area contributed by atoms with Gasteiger partial charge >= 0.3 is 0 Å². The quantitative estimate of drug-likeness (QED) is 0.463. The molecule has 0 bridgehead atoms. The minimum atomic E-state index is -3.59. The molecule has 1 N–H and O–H groups in total. The molecule has 0 radical (unpaired) electrons. The lowest BCUT2D eigenvalue weighted by molar-refractivity contribution is -0.115. The Bertz CT molecular complexity index is 1210. The molecule has 3 rings (SSSR count). The van der Waals surface area contributed by atoms with Crippen LogP contribution < -0.4 is 5.32 Å². The maximum atomic E-state index is 13.1. The van der Waals surface area contributed by atoms with E-state index >= 15 is 0 Å². The van der Waals surface area contributed by atoms with Gasteiger partial charge in [0.25, 0.3) is 0 Å². The first-order chi connectivity index (χ1) is 15.2. The SMILES string of the molecule is CCN(CC)S(=O)(=O)c1ccc2c(c1)nc(SC(C)C(=O)Nc1ccc(F)cc1)n2CC. The van der Waals surface area contributed by atoms with Crippen molar-refractivity contribution < 1.29 is 17.6 Å². The van der Waals surface area contributed by atoms with Gasteiger partial charge in [0.15, 0.2) is 5.16 Å². The summed E-state index contributed by atoms with van der Waals surface area (Å²) in [5.74, 6) is -0.606. The number of fused-ring (bicyclic) bond motifs is 1. The van der Waals surface area contributed by atoms with Gasteiger partial charge < -0.3 is 9.88 Å². The van der Waals surface area contributed by atoms with E-state index in [2.05, 4.69) is 10.3 Å². The standard InChI is InChI=1S/C22H27FN4O3S2/c1-5-26(6-2)32(29,30)18-12-13-20-19(14-18)25-22(27(20)7-3)31-15(4)21(28)24-17-10-8-16(23)9-11-17/h8-15H,5-7H2,1-4H3,(H,24,28). The molecule has 1 heterocycles. The number of carbonyl (C=O) groups excluding carboxylic acids is 1. The minimum absolute atomic E-state index is 0.202. The maximum absolute atomic E-state index is 13.1. The van der Waals surface area contributed by atoms with Crippen molar-refractivity contribution in [3.05, 3.63) is 48.3 Å². The van der Waals surface area contributed by atoms with E-state index in [-0.39, 0.29) is 16.6 Å². The fraction of sp³-hybridized carbons (Fsp3) is 0.364. The van der Waals surface area contributed by atoms with Gasteiger partial charge in [0.05, 0.1) is 21.2 Å². The third kappa shape index (κ3) is 4.97. The fourth-order valence-corrected chi connectivity index (χ4v) is 5.81. The molecule has 7 nitrogen and oxygen atoms in total. The van der Waals surface area contributed by atoms with Crippen molar-refractivity contribution in [2.24, 2.45) is 0 Å². The Balaban J connectivity index is 1.86. The monoisotopic (exact) mass is 478 g/mol. The number of aromatic nitrogens is 2. The number of aryl methyl sites for hydroxylation is 1. The molecule has 10 heteroatoms. The van der Waals surface area contributed by atoms with Gasteiger partial charge in [-0.05, 0) is 56.3 Å². The maximum Gasteiger partial charge on any atom is 0.243 e. The van der Waals surface area contributed by atoms with Gasteiger partial charge in [-0.15, -0.1) is 0 Å². The van der Waals surface area contributed by atoms with Gasteiger partial charge in [-0.2, -0.15) is 4.31 Å². The lowest BCUT2D eigenvalue weighted by atomic mass is 10.3. The summed E-state index contributed by atoms with van der Waals surface area (Å²) >= 11 is 1.29. The van der Waals surface area contributed by atoms with Gasteiger partial charge in [0.1, 0.15) is 5.82 Å². The third-order valence-electron chi connectivity index (χ3n) is 5.11. The minimum Gasteiger partial charge on any atom is -0.325 e. The van der Waals surface area contributed by atoms with Crippen LogP contribution in [0, 0.1) is 5.82 Å².